The number of halogens is 3. The van der Waals surface area contributed by atoms with Crippen molar-refractivity contribution in [1.29, 1.82) is 0 Å². The fraction of sp³-hybridized carbons (Fsp3) is 0.143. The molecule has 1 rings (SSSR count). The highest BCUT2D eigenvalue weighted by atomic mass is 79.9. The fourth-order valence-corrected chi connectivity index (χ4v) is 2.24. The first-order valence-corrected chi connectivity index (χ1v) is 4.90. The molecule has 2 N–H and O–H groups in total. The summed E-state index contributed by atoms with van der Waals surface area (Å²) < 4.78 is 1.73. The Bertz CT molecular complexity index is 273. The maximum Gasteiger partial charge on any atom is 0.0598 e. The van der Waals surface area contributed by atoms with E-state index in [4.69, 9.17) is 17.3 Å². The first-order valence-electron chi connectivity index (χ1n) is 2.93. The van der Waals surface area contributed by atoms with E-state index in [-0.39, 0.29) is 0 Å². The zero-order valence-corrected chi connectivity index (χ0v) is 9.72. The van der Waals surface area contributed by atoms with Crippen LogP contribution in [-0.2, 0) is 0 Å². The minimum atomic E-state index is 0.672. The molecule has 11 heavy (non-hydrogen) atoms. The molecule has 0 saturated heterocycles. The van der Waals surface area contributed by atoms with Gasteiger partial charge in [0, 0.05) is 8.95 Å². The maximum atomic E-state index is 5.91. The molecule has 0 unspecified atom stereocenters. The van der Waals surface area contributed by atoms with Crippen molar-refractivity contribution in [1.82, 2.24) is 0 Å². The molecular weight excluding hydrogens is 293 g/mol. The van der Waals surface area contributed by atoms with Gasteiger partial charge in [-0.05, 0) is 50.4 Å². The van der Waals surface area contributed by atoms with Gasteiger partial charge in [-0.15, -0.1) is 0 Å². The molecule has 0 aliphatic rings. The van der Waals surface area contributed by atoms with Crippen molar-refractivity contribution in [2.75, 3.05) is 5.73 Å². The number of hydrogen-bond donors (Lipinski definition) is 1. The first kappa shape index (κ1) is 9.36. The number of nitrogen functional groups attached to an aromatic ring is 1. The molecule has 0 spiro atoms. The van der Waals surface area contributed by atoms with Gasteiger partial charge in [0.15, 0.2) is 0 Å². The normalized spacial score (nSPS) is 10.2. The van der Waals surface area contributed by atoms with Crippen molar-refractivity contribution in [2.45, 2.75) is 6.92 Å². The summed E-state index contributed by atoms with van der Waals surface area (Å²) in [4.78, 5) is 0. The van der Waals surface area contributed by atoms with E-state index in [1.807, 2.05) is 13.0 Å². The van der Waals surface area contributed by atoms with Crippen LogP contribution >= 0.6 is 43.5 Å². The summed E-state index contributed by atoms with van der Waals surface area (Å²) >= 11 is 12.5. The van der Waals surface area contributed by atoms with Crippen LogP contribution in [-0.4, -0.2) is 0 Å². The number of rotatable bonds is 0. The van der Waals surface area contributed by atoms with E-state index in [9.17, 15) is 0 Å². The molecule has 0 aliphatic heterocycles. The largest absolute Gasteiger partial charge is 0.398 e. The average Bonchev–Trinajstić information content (AvgIpc) is 1.97. The summed E-state index contributed by atoms with van der Waals surface area (Å²) in [6, 6.07) is 1.84. The predicted octanol–water partition coefficient (Wildman–Crippen LogP) is 3.76. The van der Waals surface area contributed by atoms with Gasteiger partial charge in [0.05, 0.1) is 10.7 Å². The van der Waals surface area contributed by atoms with Crippen LogP contribution in [0.25, 0.3) is 0 Å². The molecule has 0 saturated carbocycles. The number of anilines is 1. The van der Waals surface area contributed by atoms with Gasteiger partial charge in [0.1, 0.15) is 0 Å². The van der Waals surface area contributed by atoms with E-state index in [1.54, 1.807) is 0 Å². The molecule has 1 aromatic carbocycles. The van der Waals surface area contributed by atoms with E-state index < -0.39 is 0 Å². The van der Waals surface area contributed by atoms with Gasteiger partial charge in [0.25, 0.3) is 0 Å². The summed E-state index contributed by atoms with van der Waals surface area (Å²) in [6.45, 7) is 1.88. The van der Waals surface area contributed by atoms with Crippen molar-refractivity contribution < 1.29 is 0 Å². The number of hydrogen-bond acceptors (Lipinski definition) is 1. The summed E-state index contributed by atoms with van der Waals surface area (Å²) in [7, 11) is 0. The third kappa shape index (κ3) is 1.71. The topological polar surface area (TPSA) is 26.0 Å². The smallest absolute Gasteiger partial charge is 0.0598 e. The molecule has 60 valence electrons. The molecule has 1 aromatic rings. The van der Waals surface area contributed by atoms with Crippen LogP contribution in [0.5, 0.6) is 0 Å². The van der Waals surface area contributed by atoms with Crippen molar-refractivity contribution in [2.24, 2.45) is 0 Å². The fourth-order valence-electron chi connectivity index (χ4n) is 0.729. The van der Waals surface area contributed by atoms with E-state index >= 15 is 0 Å². The zero-order chi connectivity index (χ0) is 8.59. The van der Waals surface area contributed by atoms with Gasteiger partial charge >= 0.3 is 0 Å². The Morgan fingerprint density at radius 1 is 1.36 bits per heavy atom. The van der Waals surface area contributed by atoms with Crippen LogP contribution in [0.2, 0.25) is 5.02 Å². The van der Waals surface area contributed by atoms with Crippen molar-refractivity contribution in [3.63, 3.8) is 0 Å². The summed E-state index contributed by atoms with van der Waals surface area (Å²) in [6.07, 6.45) is 0. The van der Waals surface area contributed by atoms with Crippen molar-refractivity contribution in [3.05, 3.63) is 25.6 Å². The molecule has 0 fully saturated rings. The summed E-state index contributed by atoms with van der Waals surface area (Å²) in [5.74, 6) is 0. The lowest BCUT2D eigenvalue weighted by Gasteiger charge is -2.06. The van der Waals surface area contributed by atoms with E-state index in [1.165, 1.54) is 0 Å². The highest BCUT2D eigenvalue weighted by Crippen LogP contribution is 2.35. The van der Waals surface area contributed by atoms with Crippen LogP contribution in [0.1, 0.15) is 5.56 Å². The Hall–Kier alpha value is 0.270. The van der Waals surface area contributed by atoms with E-state index in [0.717, 1.165) is 14.5 Å². The van der Waals surface area contributed by atoms with Crippen LogP contribution in [0.3, 0.4) is 0 Å². The van der Waals surface area contributed by atoms with E-state index in [0.29, 0.717) is 10.7 Å². The molecule has 0 atom stereocenters. The molecule has 0 heterocycles. The van der Waals surface area contributed by atoms with E-state index in [2.05, 4.69) is 31.9 Å². The lowest BCUT2D eigenvalue weighted by Crippen LogP contribution is -1.92. The highest BCUT2D eigenvalue weighted by Gasteiger charge is 2.07. The molecule has 1 nitrogen and oxygen atoms in total. The molecule has 0 bridgehead atoms. The van der Waals surface area contributed by atoms with Gasteiger partial charge in [-0.2, -0.15) is 0 Å². The number of nitrogens with two attached hydrogens (primary N) is 1. The summed E-state index contributed by atoms with van der Waals surface area (Å²) in [5.41, 5.74) is 7.29. The van der Waals surface area contributed by atoms with Crippen LogP contribution in [0, 0.1) is 6.92 Å². The molecule has 0 radical (unpaired) electrons. The predicted molar refractivity (Wildman–Crippen MR) is 56.0 cm³/mol. The Kier molecular flexibility index (Phi) is 2.84. The third-order valence-corrected chi connectivity index (χ3v) is 3.45. The third-order valence-electron chi connectivity index (χ3n) is 1.45. The Balaban J connectivity index is 3.46. The Labute approximate surface area is 87.2 Å². The zero-order valence-electron chi connectivity index (χ0n) is 5.79. The van der Waals surface area contributed by atoms with Crippen LogP contribution in [0.4, 0.5) is 5.69 Å². The Morgan fingerprint density at radius 3 is 2.45 bits per heavy atom. The van der Waals surface area contributed by atoms with Crippen LogP contribution < -0.4 is 5.73 Å². The minimum Gasteiger partial charge on any atom is -0.398 e. The quantitative estimate of drug-likeness (QED) is 0.573. The lowest BCUT2D eigenvalue weighted by molar-refractivity contribution is 1.43. The average molecular weight is 299 g/mol. The Morgan fingerprint density at radius 2 is 1.91 bits per heavy atom. The second-order valence-electron chi connectivity index (χ2n) is 2.19. The van der Waals surface area contributed by atoms with Gasteiger partial charge in [-0.25, -0.2) is 0 Å². The monoisotopic (exact) mass is 297 g/mol. The highest BCUT2D eigenvalue weighted by molar-refractivity contribution is 9.11. The van der Waals surface area contributed by atoms with Gasteiger partial charge in [-0.1, -0.05) is 11.6 Å². The standard InChI is InChI=1S/C7H6Br2ClN/c1-3-6(10)4(8)2-5(9)7(3)11/h2H,11H2,1H3. The molecule has 0 aromatic heterocycles. The molecular formula is C7H6Br2ClN. The van der Waals surface area contributed by atoms with Gasteiger partial charge in [-0.3, -0.25) is 0 Å². The second kappa shape index (κ2) is 3.33. The van der Waals surface area contributed by atoms with Gasteiger partial charge in [0.2, 0.25) is 0 Å². The maximum absolute atomic E-state index is 5.91. The van der Waals surface area contributed by atoms with Crippen molar-refractivity contribution in [3.8, 4) is 0 Å². The minimum absolute atomic E-state index is 0.672. The first-order chi connectivity index (χ1) is 5.04. The lowest BCUT2D eigenvalue weighted by atomic mass is 10.2. The molecule has 4 heteroatoms. The second-order valence-corrected chi connectivity index (χ2v) is 4.28. The SMILES string of the molecule is Cc1c(N)c(Br)cc(Br)c1Cl. The molecule has 0 amide bonds. The number of benzene rings is 1. The van der Waals surface area contributed by atoms with Gasteiger partial charge < -0.3 is 5.73 Å². The van der Waals surface area contributed by atoms with Crippen molar-refractivity contribution >= 4 is 49.1 Å². The molecule has 0 aliphatic carbocycles. The summed E-state index contributed by atoms with van der Waals surface area (Å²) in [5, 5.41) is 0.672. The van der Waals surface area contributed by atoms with Crippen LogP contribution in [0.15, 0.2) is 15.0 Å².